The van der Waals surface area contributed by atoms with Crippen LogP contribution in [0.5, 0.6) is 0 Å². The van der Waals surface area contributed by atoms with Gasteiger partial charge < -0.3 is 0 Å². The maximum Gasteiger partial charge on any atom is -0.00851 e. The Morgan fingerprint density at radius 3 is 2.50 bits per heavy atom. The molecule has 0 aliphatic heterocycles. The predicted octanol–water partition coefficient (Wildman–Crippen LogP) is 9.44. The molecule has 4 aliphatic rings. The molecule has 0 aromatic heterocycles. The predicted molar refractivity (Wildman–Crippen MR) is 131 cm³/mol. The van der Waals surface area contributed by atoms with Gasteiger partial charge in [-0.2, -0.15) is 0 Å². The van der Waals surface area contributed by atoms with Crippen LogP contribution in [0.1, 0.15) is 125 Å². The fourth-order valence-corrected chi connectivity index (χ4v) is 9.42. The van der Waals surface area contributed by atoms with Gasteiger partial charge in [-0.05, 0) is 104 Å². The van der Waals surface area contributed by atoms with Crippen LogP contribution in [0, 0.1) is 52.3 Å². The quantitative estimate of drug-likeness (QED) is 0.365. The van der Waals surface area contributed by atoms with Crippen molar-refractivity contribution in [2.24, 2.45) is 52.3 Å². The maximum absolute atomic E-state index is 2.79. The van der Waals surface area contributed by atoms with Crippen molar-refractivity contribution >= 4 is 0 Å². The van der Waals surface area contributed by atoms with Crippen molar-refractivity contribution in [3.05, 3.63) is 11.6 Å². The van der Waals surface area contributed by atoms with Gasteiger partial charge in [0.15, 0.2) is 0 Å². The molecule has 0 heterocycles. The molecule has 3 fully saturated rings. The average Bonchev–Trinajstić information content (AvgIpc) is 3.05. The third-order valence-electron chi connectivity index (χ3n) is 11.1. The lowest BCUT2D eigenvalue weighted by Crippen LogP contribution is -2.50. The summed E-state index contributed by atoms with van der Waals surface area (Å²) >= 11 is 0. The molecule has 4 rings (SSSR count). The first-order chi connectivity index (χ1) is 14.3. The highest BCUT2D eigenvalue weighted by atomic mass is 14.6. The normalized spacial score (nSPS) is 44.2. The Labute approximate surface area is 189 Å². The second kappa shape index (κ2) is 8.94. The summed E-state index contributed by atoms with van der Waals surface area (Å²) in [6, 6.07) is 0. The zero-order valence-electron chi connectivity index (χ0n) is 21.3. The van der Waals surface area contributed by atoms with Crippen LogP contribution >= 0.6 is 0 Å². The van der Waals surface area contributed by atoms with Gasteiger partial charge in [0, 0.05) is 0 Å². The molecule has 0 aromatic carbocycles. The molecule has 0 heteroatoms. The van der Waals surface area contributed by atoms with E-state index in [-0.39, 0.29) is 0 Å². The number of fused-ring (bicyclic) bond motifs is 5. The standard InChI is InChI=1S/C30H52/c1-7-9-23-16-18-29(5)24(20-23)12-13-25-27-15-14-26(22(4)11-8-10-21(2)3)30(27,6)19-17-28(25)29/h12,21-23,25-28H,7-11,13-20H2,1-6H3. The molecule has 0 N–H and O–H groups in total. The molecule has 0 nitrogen and oxygen atoms in total. The highest BCUT2D eigenvalue weighted by Crippen LogP contribution is 2.67. The highest BCUT2D eigenvalue weighted by molar-refractivity contribution is 5.25. The zero-order chi connectivity index (χ0) is 21.5. The molecule has 4 aliphatic carbocycles. The summed E-state index contributed by atoms with van der Waals surface area (Å²) in [6.07, 6.45) is 21.9. The molecule has 8 unspecified atom stereocenters. The van der Waals surface area contributed by atoms with Gasteiger partial charge in [0.1, 0.15) is 0 Å². The van der Waals surface area contributed by atoms with E-state index in [1.165, 1.54) is 83.5 Å². The lowest BCUT2D eigenvalue weighted by Gasteiger charge is -2.58. The lowest BCUT2D eigenvalue weighted by atomic mass is 9.46. The topological polar surface area (TPSA) is 0 Å². The van der Waals surface area contributed by atoms with E-state index in [0.717, 1.165) is 41.4 Å². The van der Waals surface area contributed by atoms with E-state index in [1.54, 1.807) is 0 Å². The second-order valence-electron chi connectivity index (χ2n) is 13.2. The highest BCUT2D eigenvalue weighted by Gasteiger charge is 2.59. The zero-order valence-corrected chi connectivity index (χ0v) is 21.3. The van der Waals surface area contributed by atoms with E-state index < -0.39 is 0 Å². The minimum atomic E-state index is 0.551. The van der Waals surface area contributed by atoms with E-state index in [1.807, 2.05) is 5.57 Å². The van der Waals surface area contributed by atoms with Crippen LogP contribution in [0.15, 0.2) is 11.6 Å². The van der Waals surface area contributed by atoms with Crippen molar-refractivity contribution in [2.75, 3.05) is 0 Å². The van der Waals surface area contributed by atoms with Gasteiger partial charge in [0.2, 0.25) is 0 Å². The smallest absolute Gasteiger partial charge is 0.00851 e. The molecule has 172 valence electrons. The molecule has 0 aromatic rings. The van der Waals surface area contributed by atoms with Gasteiger partial charge in [0.05, 0.1) is 0 Å². The Hall–Kier alpha value is -0.260. The van der Waals surface area contributed by atoms with Crippen LogP contribution in [-0.4, -0.2) is 0 Å². The molecular formula is C30H52. The van der Waals surface area contributed by atoms with E-state index in [2.05, 4.69) is 47.6 Å². The average molecular weight is 413 g/mol. The molecular weight excluding hydrogens is 360 g/mol. The molecule has 0 saturated heterocycles. The van der Waals surface area contributed by atoms with Crippen molar-refractivity contribution in [2.45, 2.75) is 125 Å². The maximum atomic E-state index is 2.79. The molecule has 0 bridgehead atoms. The first-order valence-corrected chi connectivity index (χ1v) is 14.0. The molecule has 0 radical (unpaired) electrons. The summed E-state index contributed by atoms with van der Waals surface area (Å²) < 4.78 is 0. The van der Waals surface area contributed by atoms with Gasteiger partial charge in [-0.15, -0.1) is 0 Å². The Balaban J connectivity index is 1.47. The third kappa shape index (κ3) is 3.96. The first kappa shape index (κ1) is 22.9. The van der Waals surface area contributed by atoms with Crippen molar-refractivity contribution in [1.29, 1.82) is 0 Å². The van der Waals surface area contributed by atoms with Crippen LogP contribution in [0.25, 0.3) is 0 Å². The molecule has 0 spiro atoms. The largest absolute Gasteiger partial charge is 0.0845 e. The number of rotatable bonds is 7. The monoisotopic (exact) mass is 412 g/mol. The lowest BCUT2D eigenvalue weighted by molar-refractivity contribution is -0.0529. The van der Waals surface area contributed by atoms with E-state index in [0.29, 0.717) is 10.8 Å². The Bertz CT molecular complexity index is 614. The van der Waals surface area contributed by atoms with Crippen LogP contribution in [-0.2, 0) is 0 Å². The number of hydrogen-bond donors (Lipinski definition) is 0. The van der Waals surface area contributed by atoms with Crippen molar-refractivity contribution < 1.29 is 0 Å². The van der Waals surface area contributed by atoms with Crippen molar-refractivity contribution in [3.63, 3.8) is 0 Å². The van der Waals surface area contributed by atoms with Gasteiger partial charge >= 0.3 is 0 Å². The first-order valence-electron chi connectivity index (χ1n) is 14.0. The third-order valence-corrected chi connectivity index (χ3v) is 11.1. The summed E-state index contributed by atoms with van der Waals surface area (Å²) in [5.41, 5.74) is 3.09. The fourth-order valence-electron chi connectivity index (χ4n) is 9.42. The summed E-state index contributed by atoms with van der Waals surface area (Å²) in [5, 5.41) is 0. The van der Waals surface area contributed by atoms with E-state index >= 15 is 0 Å². The van der Waals surface area contributed by atoms with E-state index in [4.69, 9.17) is 0 Å². The van der Waals surface area contributed by atoms with Crippen molar-refractivity contribution in [3.8, 4) is 0 Å². The van der Waals surface area contributed by atoms with Crippen LogP contribution < -0.4 is 0 Å². The fraction of sp³-hybridized carbons (Fsp3) is 0.933. The summed E-state index contributed by atoms with van der Waals surface area (Å²) in [4.78, 5) is 0. The van der Waals surface area contributed by atoms with Gasteiger partial charge in [-0.25, -0.2) is 0 Å². The van der Waals surface area contributed by atoms with Gasteiger partial charge in [-0.3, -0.25) is 0 Å². The second-order valence-corrected chi connectivity index (χ2v) is 13.2. The molecule has 30 heavy (non-hydrogen) atoms. The molecule has 0 amide bonds. The van der Waals surface area contributed by atoms with Crippen LogP contribution in [0.3, 0.4) is 0 Å². The minimum absolute atomic E-state index is 0.551. The van der Waals surface area contributed by atoms with Crippen LogP contribution in [0.4, 0.5) is 0 Å². The van der Waals surface area contributed by atoms with E-state index in [9.17, 15) is 0 Å². The SMILES string of the molecule is CCCC1CCC2(C)C(=CCC3C2CCC2(C)C(C(C)CCCC(C)C)CCC32)C1. The molecule has 3 saturated carbocycles. The van der Waals surface area contributed by atoms with Gasteiger partial charge in [0.25, 0.3) is 0 Å². The summed E-state index contributed by atoms with van der Waals surface area (Å²) in [6.45, 7) is 15.2. The Morgan fingerprint density at radius 1 is 0.967 bits per heavy atom. The molecule has 8 atom stereocenters. The minimum Gasteiger partial charge on any atom is -0.0845 e. The number of hydrogen-bond acceptors (Lipinski definition) is 0. The van der Waals surface area contributed by atoms with Gasteiger partial charge in [-0.1, -0.05) is 85.3 Å². The Morgan fingerprint density at radius 2 is 1.77 bits per heavy atom. The summed E-state index contributed by atoms with van der Waals surface area (Å²) in [7, 11) is 0. The summed E-state index contributed by atoms with van der Waals surface area (Å²) in [5.74, 6) is 6.79. The number of allylic oxidation sites excluding steroid dienone is 2. The van der Waals surface area contributed by atoms with Crippen LogP contribution in [0.2, 0.25) is 0 Å². The Kier molecular flexibility index (Phi) is 6.83. The van der Waals surface area contributed by atoms with Crippen molar-refractivity contribution in [1.82, 2.24) is 0 Å².